The standard InChI is InChI=1S/C26H27N7O2/c1-4-21(34)32(18-8-6-5-7-9-18)15-26(12-13-26)33-25-22(24(27)29-16-30-25)23(31-33)17-10-11-20(35-3)19(14-17)28-2/h4-11,14,16,28H,1,12-13,15H2,2-3H3,(H2,27,29,30). The molecule has 1 amide bonds. The zero-order chi connectivity index (χ0) is 24.6. The summed E-state index contributed by atoms with van der Waals surface area (Å²) >= 11 is 0. The first-order valence-electron chi connectivity index (χ1n) is 11.4. The maximum absolute atomic E-state index is 12.8. The van der Waals surface area contributed by atoms with Gasteiger partial charge in [0.25, 0.3) is 0 Å². The molecule has 4 aromatic rings. The van der Waals surface area contributed by atoms with Crippen molar-refractivity contribution in [2.45, 2.75) is 18.4 Å². The summed E-state index contributed by atoms with van der Waals surface area (Å²) < 4.78 is 7.37. The first-order chi connectivity index (χ1) is 17.0. The summed E-state index contributed by atoms with van der Waals surface area (Å²) in [5.41, 5.74) is 9.75. The van der Waals surface area contributed by atoms with E-state index in [9.17, 15) is 4.79 Å². The Morgan fingerprint density at radius 1 is 1.26 bits per heavy atom. The number of carbonyl (C=O) groups excluding carboxylic acids is 1. The highest BCUT2D eigenvalue weighted by Gasteiger charge is 2.49. The van der Waals surface area contributed by atoms with E-state index in [0.29, 0.717) is 29.1 Å². The van der Waals surface area contributed by atoms with Gasteiger partial charge in [0.05, 0.1) is 30.3 Å². The van der Waals surface area contributed by atoms with Gasteiger partial charge in [0.2, 0.25) is 5.91 Å². The summed E-state index contributed by atoms with van der Waals surface area (Å²) in [6, 6.07) is 15.4. The number of carbonyl (C=O) groups is 1. The summed E-state index contributed by atoms with van der Waals surface area (Å²) in [6.45, 7) is 4.14. The lowest BCUT2D eigenvalue weighted by Crippen LogP contribution is -2.39. The minimum Gasteiger partial charge on any atom is -0.495 e. The molecule has 9 nitrogen and oxygen atoms in total. The number of nitrogens with two attached hydrogens (primary N) is 1. The number of nitrogens with one attached hydrogen (secondary N) is 1. The maximum Gasteiger partial charge on any atom is 0.250 e. The van der Waals surface area contributed by atoms with E-state index in [-0.39, 0.29) is 5.91 Å². The van der Waals surface area contributed by atoms with Crippen molar-refractivity contribution in [2.24, 2.45) is 0 Å². The molecule has 3 N–H and O–H groups in total. The largest absolute Gasteiger partial charge is 0.495 e. The minimum absolute atomic E-state index is 0.165. The monoisotopic (exact) mass is 469 g/mol. The van der Waals surface area contributed by atoms with Gasteiger partial charge in [-0.15, -0.1) is 0 Å². The molecule has 1 aliphatic rings. The average molecular weight is 470 g/mol. The molecule has 0 radical (unpaired) electrons. The Hall–Kier alpha value is -4.40. The van der Waals surface area contributed by atoms with Gasteiger partial charge in [0.15, 0.2) is 5.65 Å². The van der Waals surface area contributed by atoms with Crippen molar-refractivity contribution in [3.05, 3.63) is 67.5 Å². The van der Waals surface area contributed by atoms with Crippen LogP contribution in [0.2, 0.25) is 0 Å². The number of aromatic nitrogens is 4. The van der Waals surface area contributed by atoms with E-state index in [1.807, 2.05) is 60.3 Å². The zero-order valence-corrected chi connectivity index (χ0v) is 19.7. The smallest absolute Gasteiger partial charge is 0.250 e. The third-order valence-electron chi connectivity index (χ3n) is 6.47. The molecule has 2 aromatic carbocycles. The third kappa shape index (κ3) is 3.84. The van der Waals surface area contributed by atoms with Crippen molar-refractivity contribution in [1.82, 2.24) is 19.7 Å². The van der Waals surface area contributed by atoms with E-state index < -0.39 is 5.54 Å². The number of nitrogens with zero attached hydrogens (tertiary/aromatic N) is 5. The highest BCUT2D eigenvalue weighted by molar-refractivity contribution is 6.01. The quantitative estimate of drug-likeness (QED) is 0.377. The van der Waals surface area contributed by atoms with E-state index in [1.165, 1.54) is 12.4 Å². The minimum atomic E-state index is -0.413. The molecule has 0 bridgehead atoms. The van der Waals surface area contributed by atoms with E-state index in [2.05, 4.69) is 21.9 Å². The second-order valence-electron chi connectivity index (χ2n) is 8.57. The molecule has 9 heteroatoms. The van der Waals surface area contributed by atoms with Crippen LogP contribution in [0.1, 0.15) is 12.8 Å². The van der Waals surface area contributed by atoms with Crippen molar-refractivity contribution >= 4 is 34.1 Å². The molecule has 0 saturated heterocycles. The second kappa shape index (κ2) is 8.75. The Bertz CT molecular complexity index is 1410. The van der Waals surface area contributed by atoms with Gasteiger partial charge in [-0.25, -0.2) is 14.6 Å². The first-order valence-corrected chi connectivity index (χ1v) is 11.4. The van der Waals surface area contributed by atoms with Crippen LogP contribution in [0.15, 0.2) is 67.5 Å². The summed E-state index contributed by atoms with van der Waals surface area (Å²) in [5.74, 6) is 0.919. The second-order valence-corrected chi connectivity index (χ2v) is 8.57. The van der Waals surface area contributed by atoms with Crippen LogP contribution in [0.5, 0.6) is 5.75 Å². The first kappa shape index (κ1) is 22.4. The lowest BCUT2D eigenvalue weighted by Gasteiger charge is -2.27. The number of hydrogen-bond donors (Lipinski definition) is 2. The molecule has 2 heterocycles. The molecule has 1 fully saturated rings. The van der Waals surface area contributed by atoms with Crippen LogP contribution >= 0.6 is 0 Å². The zero-order valence-electron chi connectivity index (χ0n) is 19.7. The van der Waals surface area contributed by atoms with E-state index in [0.717, 1.165) is 35.5 Å². The Labute approximate surface area is 203 Å². The van der Waals surface area contributed by atoms with Gasteiger partial charge in [-0.3, -0.25) is 4.79 Å². The van der Waals surface area contributed by atoms with Crippen LogP contribution in [0, 0.1) is 0 Å². The Morgan fingerprint density at radius 2 is 2.03 bits per heavy atom. The number of para-hydroxylation sites is 1. The number of ether oxygens (including phenoxy) is 1. The number of amides is 1. The maximum atomic E-state index is 12.8. The summed E-state index contributed by atoms with van der Waals surface area (Å²) in [7, 11) is 3.47. The Kier molecular flexibility index (Phi) is 5.60. The molecule has 1 aliphatic carbocycles. The molecule has 35 heavy (non-hydrogen) atoms. The fourth-order valence-electron chi connectivity index (χ4n) is 4.45. The summed E-state index contributed by atoms with van der Waals surface area (Å²) in [4.78, 5) is 23.4. The van der Waals surface area contributed by atoms with E-state index in [1.54, 1.807) is 12.0 Å². The van der Waals surface area contributed by atoms with Crippen LogP contribution in [-0.2, 0) is 10.3 Å². The van der Waals surface area contributed by atoms with Gasteiger partial charge in [-0.05, 0) is 49.2 Å². The number of methoxy groups -OCH3 is 1. The van der Waals surface area contributed by atoms with E-state index in [4.69, 9.17) is 15.6 Å². The van der Waals surface area contributed by atoms with Gasteiger partial charge in [0.1, 0.15) is 23.6 Å². The van der Waals surface area contributed by atoms with Gasteiger partial charge in [-0.1, -0.05) is 24.8 Å². The Balaban J connectivity index is 1.63. The lowest BCUT2D eigenvalue weighted by molar-refractivity contribution is -0.114. The molecule has 0 spiro atoms. The fourth-order valence-corrected chi connectivity index (χ4v) is 4.45. The molecule has 1 saturated carbocycles. The molecule has 2 aromatic heterocycles. The number of benzene rings is 2. The highest BCUT2D eigenvalue weighted by Crippen LogP contribution is 2.47. The predicted molar refractivity (Wildman–Crippen MR) is 137 cm³/mol. The van der Waals surface area contributed by atoms with Crippen LogP contribution in [0.25, 0.3) is 22.3 Å². The van der Waals surface area contributed by atoms with Gasteiger partial charge in [-0.2, -0.15) is 5.10 Å². The lowest BCUT2D eigenvalue weighted by atomic mass is 10.1. The van der Waals surface area contributed by atoms with Crippen molar-refractivity contribution in [2.75, 3.05) is 36.7 Å². The van der Waals surface area contributed by atoms with Crippen LogP contribution in [0.3, 0.4) is 0 Å². The molecule has 5 rings (SSSR count). The fraction of sp³-hybridized carbons (Fsp3) is 0.231. The van der Waals surface area contributed by atoms with Crippen molar-refractivity contribution in [1.29, 1.82) is 0 Å². The normalized spacial score (nSPS) is 13.9. The van der Waals surface area contributed by atoms with Gasteiger partial charge >= 0.3 is 0 Å². The third-order valence-corrected chi connectivity index (χ3v) is 6.47. The predicted octanol–water partition coefficient (Wildman–Crippen LogP) is 3.83. The number of nitrogen functional groups attached to an aromatic ring is 1. The SMILES string of the molecule is C=CC(=O)N(CC1(n2nc(-c3ccc(OC)c(NC)c3)c3c(N)ncnc32)CC1)c1ccccc1. The summed E-state index contributed by atoms with van der Waals surface area (Å²) in [6.07, 6.45) is 4.50. The highest BCUT2D eigenvalue weighted by atomic mass is 16.5. The average Bonchev–Trinajstić information content (AvgIpc) is 3.57. The molecule has 0 unspecified atom stereocenters. The van der Waals surface area contributed by atoms with Crippen LogP contribution < -0.4 is 20.7 Å². The molecular formula is C26H27N7O2. The van der Waals surface area contributed by atoms with Crippen molar-refractivity contribution in [3.63, 3.8) is 0 Å². The molecule has 0 atom stereocenters. The van der Waals surface area contributed by atoms with Crippen LogP contribution in [-0.4, -0.2) is 46.4 Å². The molecule has 0 aliphatic heterocycles. The van der Waals surface area contributed by atoms with Crippen molar-refractivity contribution in [3.8, 4) is 17.0 Å². The number of hydrogen-bond acceptors (Lipinski definition) is 7. The number of rotatable bonds is 8. The molecule has 178 valence electrons. The Morgan fingerprint density at radius 3 is 2.69 bits per heavy atom. The van der Waals surface area contributed by atoms with E-state index >= 15 is 0 Å². The molecular weight excluding hydrogens is 442 g/mol. The van der Waals surface area contributed by atoms with Gasteiger partial charge < -0.3 is 20.7 Å². The summed E-state index contributed by atoms with van der Waals surface area (Å²) in [5, 5.41) is 8.86. The van der Waals surface area contributed by atoms with Gasteiger partial charge in [0, 0.05) is 18.3 Å². The number of fused-ring (bicyclic) bond motifs is 1. The topological polar surface area (TPSA) is 111 Å². The van der Waals surface area contributed by atoms with Crippen molar-refractivity contribution < 1.29 is 9.53 Å². The number of anilines is 3. The van der Waals surface area contributed by atoms with Crippen LogP contribution in [0.4, 0.5) is 17.2 Å².